The summed E-state index contributed by atoms with van der Waals surface area (Å²) in [5, 5.41) is 5.17. The fourth-order valence-corrected chi connectivity index (χ4v) is 3.62. The van der Waals surface area contributed by atoms with E-state index in [1.54, 1.807) is 21.9 Å². The van der Waals surface area contributed by atoms with Crippen LogP contribution in [0.25, 0.3) is 0 Å². The standard InChI is InChI=1S/C18H21N3O6S/c1-26-15-6-5-13(28(19,24)25)12-14(15)17(22)20-7-3-8-21(10-9-20)18(23)16-4-2-11-27-16/h2,4-6,11-12H,3,7-10H2,1H3,(H2,19,24,25). The molecule has 0 bridgehead atoms. The van der Waals surface area contributed by atoms with Crippen molar-refractivity contribution in [2.45, 2.75) is 11.3 Å². The number of furan rings is 1. The number of ether oxygens (including phenoxy) is 1. The zero-order chi connectivity index (χ0) is 20.3. The van der Waals surface area contributed by atoms with Crippen LogP contribution < -0.4 is 9.88 Å². The van der Waals surface area contributed by atoms with Gasteiger partial charge in [0.05, 0.1) is 23.8 Å². The minimum Gasteiger partial charge on any atom is -0.496 e. The second-order valence-electron chi connectivity index (χ2n) is 6.32. The first-order valence-corrected chi connectivity index (χ1v) is 10.2. The third kappa shape index (κ3) is 4.18. The Morgan fingerprint density at radius 1 is 1.07 bits per heavy atom. The van der Waals surface area contributed by atoms with E-state index in [0.29, 0.717) is 32.6 Å². The van der Waals surface area contributed by atoms with Crippen molar-refractivity contribution in [3.05, 3.63) is 47.9 Å². The molecular formula is C18H21N3O6S. The minimum absolute atomic E-state index is 0.111. The lowest BCUT2D eigenvalue weighted by atomic mass is 10.1. The van der Waals surface area contributed by atoms with Gasteiger partial charge in [0, 0.05) is 26.2 Å². The second kappa shape index (κ2) is 8.03. The molecule has 0 spiro atoms. The number of hydrogen-bond acceptors (Lipinski definition) is 6. The number of methoxy groups -OCH3 is 1. The first kappa shape index (κ1) is 19.9. The van der Waals surface area contributed by atoms with Crippen LogP contribution in [0.5, 0.6) is 5.75 Å². The van der Waals surface area contributed by atoms with Gasteiger partial charge in [0.15, 0.2) is 5.76 Å². The maximum Gasteiger partial charge on any atom is 0.289 e. The molecule has 9 nitrogen and oxygen atoms in total. The summed E-state index contributed by atoms with van der Waals surface area (Å²) < 4.78 is 33.6. The SMILES string of the molecule is COc1ccc(S(N)(=O)=O)cc1C(=O)N1CCCN(C(=O)c2ccco2)CC1. The number of carbonyl (C=O) groups excluding carboxylic acids is 2. The molecule has 0 radical (unpaired) electrons. The van der Waals surface area contributed by atoms with Crippen molar-refractivity contribution in [2.24, 2.45) is 5.14 Å². The van der Waals surface area contributed by atoms with E-state index in [1.165, 1.54) is 31.6 Å². The average molecular weight is 407 g/mol. The molecule has 1 aliphatic rings. The Hall–Kier alpha value is -2.85. The van der Waals surface area contributed by atoms with Crippen LogP contribution in [-0.4, -0.2) is 63.3 Å². The molecule has 0 atom stereocenters. The number of benzene rings is 1. The Morgan fingerprint density at radius 2 is 1.75 bits per heavy atom. The van der Waals surface area contributed by atoms with Gasteiger partial charge in [-0.15, -0.1) is 0 Å². The maximum absolute atomic E-state index is 13.0. The molecule has 1 fully saturated rings. The number of amides is 2. The Kier molecular flexibility index (Phi) is 5.71. The predicted octanol–water partition coefficient (Wildman–Crippen LogP) is 0.924. The van der Waals surface area contributed by atoms with E-state index in [2.05, 4.69) is 0 Å². The number of rotatable bonds is 4. The lowest BCUT2D eigenvalue weighted by Crippen LogP contribution is -2.37. The lowest BCUT2D eigenvalue weighted by Gasteiger charge is -2.22. The van der Waals surface area contributed by atoms with Gasteiger partial charge in [0.2, 0.25) is 10.0 Å². The van der Waals surface area contributed by atoms with Gasteiger partial charge < -0.3 is 19.0 Å². The van der Waals surface area contributed by atoms with E-state index in [9.17, 15) is 18.0 Å². The monoisotopic (exact) mass is 407 g/mol. The van der Waals surface area contributed by atoms with Gasteiger partial charge in [-0.25, -0.2) is 13.6 Å². The first-order valence-electron chi connectivity index (χ1n) is 8.64. The molecule has 2 amide bonds. The molecule has 2 N–H and O–H groups in total. The number of nitrogens with zero attached hydrogens (tertiary/aromatic N) is 2. The largest absolute Gasteiger partial charge is 0.496 e. The average Bonchev–Trinajstić information content (AvgIpc) is 3.10. The molecule has 28 heavy (non-hydrogen) atoms. The molecule has 1 aromatic carbocycles. The van der Waals surface area contributed by atoms with E-state index >= 15 is 0 Å². The second-order valence-corrected chi connectivity index (χ2v) is 7.88. The van der Waals surface area contributed by atoms with E-state index < -0.39 is 10.0 Å². The molecule has 10 heteroatoms. The predicted molar refractivity (Wildman–Crippen MR) is 99.5 cm³/mol. The highest BCUT2D eigenvalue weighted by atomic mass is 32.2. The number of hydrogen-bond donors (Lipinski definition) is 1. The van der Waals surface area contributed by atoms with E-state index in [1.807, 2.05) is 0 Å². The summed E-state index contributed by atoms with van der Waals surface area (Å²) >= 11 is 0. The molecule has 2 aromatic rings. The van der Waals surface area contributed by atoms with Crippen LogP contribution in [0.15, 0.2) is 45.9 Å². The highest BCUT2D eigenvalue weighted by Gasteiger charge is 2.27. The van der Waals surface area contributed by atoms with Crippen LogP contribution in [0.2, 0.25) is 0 Å². The van der Waals surface area contributed by atoms with E-state index in [-0.39, 0.29) is 33.8 Å². The third-order valence-electron chi connectivity index (χ3n) is 4.53. The molecule has 1 aliphatic heterocycles. The Morgan fingerprint density at radius 3 is 2.32 bits per heavy atom. The van der Waals surface area contributed by atoms with Crippen molar-refractivity contribution in [1.82, 2.24) is 9.80 Å². The molecule has 1 saturated heterocycles. The van der Waals surface area contributed by atoms with Gasteiger partial charge in [0.25, 0.3) is 11.8 Å². The van der Waals surface area contributed by atoms with Crippen molar-refractivity contribution < 1.29 is 27.2 Å². The zero-order valence-corrected chi connectivity index (χ0v) is 16.1. The first-order chi connectivity index (χ1) is 13.3. The molecule has 0 saturated carbocycles. The van der Waals surface area contributed by atoms with Crippen LogP contribution in [-0.2, 0) is 10.0 Å². The number of primary sulfonamides is 1. The van der Waals surface area contributed by atoms with Crippen molar-refractivity contribution in [3.8, 4) is 5.75 Å². The number of nitrogens with two attached hydrogens (primary N) is 1. The number of carbonyl (C=O) groups is 2. The van der Waals surface area contributed by atoms with Crippen LogP contribution in [0.1, 0.15) is 27.3 Å². The topological polar surface area (TPSA) is 123 Å². The highest BCUT2D eigenvalue weighted by molar-refractivity contribution is 7.89. The summed E-state index contributed by atoms with van der Waals surface area (Å²) in [5.74, 6) is -0.102. The molecule has 0 unspecified atom stereocenters. The molecule has 3 rings (SSSR count). The fourth-order valence-electron chi connectivity index (χ4n) is 3.08. The van der Waals surface area contributed by atoms with Crippen LogP contribution in [0.3, 0.4) is 0 Å². The van der Waals surface area contributed by atoms with Gasteiger partial charge in [-0.1, -0.05) is 0 Å². The Bertz CT molecular complexity index is 971. The van der Waals surface area contributed by atoms with Crippen molar-refractivity contribution in [3.63, 3.8) is 0 Å². The summed E-state index contributed by atoms with van der Waals surface area (Å²) in [7, 11) is -2.56. The quantitative estimate of drug-likeness (QED) is 0.804. The van der Waals surface area contributed by atoms with E-state index in [0.717, 1.165) is 0 Å². The third-order valence-corrected chi connectivity index (χ3v) is 5.44. The van der Waals surface area contributed by atoms with Gasteiger partial charge in [-0.2, -0.15) is 0 Å². The van der Waals surface area contributed by atoms with Crippen LogP contribution in [0, 0.1) is 0 Å². The molecule has 2 heterocycles. The fraction of sp³-hybridized carbons (Fsp3) is 0.333. The van der Waals surface area contributed by atoms with Gasteiger partial charge >= 0.3 is 0 Å². The summed E-state index contributed by atoms with van der Waals surface area (Å²) in [5.41, 5.74) is 0.111. The van der Waals surface area contributed by atoms with Gasteiger partial charge in [-0.05, 0) is 36.8 Å². The summed E-state index contributed by atoms with van der Waals surface area (Å²) in [6.45, 7) is 1.54. The van der Waals surface area contributed by atoms with Crippen LogP contribution >= 0.6 is 0 Å². The van der Waals surface area contributed by atoms with Gasteiger partial charge in [-0.3, -0.25) is 9.59 Å². The Labute approximate surface area is 162 Å². The normalized spacial score (nSPS) is 15.2. The summed E-state index contributed by atoms with van der Waals surface area (Å²) in [4.78, 5) is 28.5. The van der Waals surface area contributed by atoms with Crippen molar-refractivity contribution >= 4 is 21.8 Å². The van der Waals surface area contributed by atoms with Crippen molar-refractivity contribution in [2.75, 3.05) is 33.3 Å². The van der Waals surface area contributed by atoms with Crippen LogP contribution in [0.4, 0.5) is 0 Å². The Balaban J connectivity index is 1.79. The summed E-state index contributed by atoms with van der Waals surface area (Å²) in [6.07, 6.45) is 2.01. The van der Waals surface area contributed by atoms with Crippen molar-refractivity contribution in [1.29, 1.82) is 0 Å². The zero-order valence-electron chi connectivity index (χ0n) is 15.3. The molecule has 1 aromatic heterocycles. The highest BCUT2D eigenvalue weighted by Crippen LogP contribution is 2.24. The lowest BCUT2D eigenvalue weighted by molar-refractivity contribution is 0.0698. The molecular weight excluding hydrogens is 386 g/mol. The maximum atomic E-state index is 13.0. The molecule has 150 valence electrons. The smallest absolute Gasteiger partial charge is 0.289 e. The minimum atomic E-state index is -3.96. The van der Waals surface area contributed by atoms with Gasteiger partial charge in [0.1, 0.15) is 5.75 Å². The van der Waals surface area contributed by atoms with E-state index in [4.69, 9.17) is 14.3 Å². The molecule has 0 aliphatic carbocycles. The number of sulfonamides is 1. The summed E-state index contributed by atoms with van der Waals surface area (Å²) in [6, 6.07) is 7.15.